The van der Waals surface area contributed by atoms with Gasteiger partial charge in [-0.25, -0.2) is 9.38 Å². The fourth-order valence-corrected chi connectivity index (χ4v) is 1.60. The van der Waals surface area contributed by atoms with Gasteiger partial charge in [-0.05, 0) is 19.1 Å². The molecule has 0 N–H and O–H groups in total. The molecule has 1 aliphatic rings. The molecule has 1 aromatic carbocycles. The minimum Gasteiger partial charge on any atom is -0.471 e. The molecule has 2 nitrogen and oxygen atoms in total. The number of halogens is 4. The van der Waals surface area contributed by atoms with Crippen LogP contribution < -0.4 is 0 Å². The normalized spacial score (nSPS) is 23.8. The molecule has 6 heteroatoms. The van der Waals surface area contributed by atoms with Crippen LogP contribution in [0.25, 0.3) is 0 Å². The standard InChI is InChI=1S/C11H8F4NO/c1-10(5-17-6-16-10)8-3-2-7(4-9(8)12)11(13,14)15/h2-4H,5H2,1H3. The molecule has 2 rings (SSSR count). The summed E-state index contributed by atoms with van der Waals surface area (Å²) in [6, 6.07) is 2.38. The van der Waals surface area contributed by atoms with Crippen LogP contribution in [0.4, 0.5) is 17.6 Å². The Morgan fingerprint density at radius 1 is 1.41 bits per heavy atom. The molecule has 1 aromatic rings. The fraction of sp³-hybridized carbons (Fsp3) is 0.364. The van der Waals surface area contributed by atoms with Crippen molar-refractivity contribution in [3.63, 3.8) is 0 Å². The average Bonchev–Trinajstić information content (AvgIpc) is 2.64. The number of alkyl halides is 3. The molecule has 0 spiro atoms. The summed E-state index contributed by atoms with van der Waals surface area (Å²) in [4.78, 5) is 3.80. The lowest BCUT2D eigenvalue weighted by Gasteiger charge is -2.20. The largest absolute Gasteiger partial charge is 0.471 e. The maximum absolute atomic E-state index is 13.6. The first-order valence-electron chi connectivity index (χ1n) is 4.79. The van der Waals surface area contributed by atoms with Gasteiger partial charge in [-0.15, -0.1) is 0 Å². The second-order valence-electron chi connectivity index (χ2n) is 3.96. The average molecular weight is 246 g/mol. The first kappa shape index (κ1) is 11.9. The third-order valence-electron chi connectivity index (χ3n) is 2.59. The quantitative estimate of drug-likeness (QED) is 0.698. The van der Waals surface area contributed by atoms with Gasteiger partial charge in [0, 0.05) is 5.56 Å². The number of aliphatic imine (C=N–C) groups is 1. The Kier molecular flexibility index (Phi) is 2.60. The van der Waals surface area contributed by atoms with Gasteiger partial charge in [0.05, 0.1) is 5.56 Å². The summed E-state index contributed by atoms with van der Waals surface area (Å²) < 4.78 is 55.4. The van der Waals surface area contributed by atoms with E-state index in [0.717, 1.165) is 12.1 Å². The van der Waals surface area contributed by atoms with Crippen molar-refractivity contribution >= 4 is 6.40 Å². The van der Waals surface area contributed by atoms with Crippen molar-refractivity contribution in [1.82, 2.24) is 0 Å². The van der Waals surface area contributed by atoms with Gasteiger partial charge in [-0.2, -0.15) is 13.2 Å². The Labute approximate surface area is 94.9 Å². The fourth-order valence-electron chi connectivity index (χ4n) is 1.60. The highest BCUT2D eigenvalue weighted by Gasteiger charge is 2.36. The number of benzene rings is 1. The summed E-state index contributed by atoms with van der Waals surface area (Å²) in [5.74, 6) is -0.946. The summed E-state index contributed by atoms with van der Waals surface area (Å²) in [5.41, 5.74) is -1.96. The molecule has 0 saturated heterocycles. The maximum Gasteiger partial charge on any atom is 0.416 e. The molecule has 0 aromatic heterocycles. The molecule has 1 unspecified atom stereocenters. The Morgan fingerprint density at radius 2 is 2.12 bits per heavy atom. The van der Waals surface area contributed by atoms with Gasteiger partial charge < -0.3 is 4.74 Å². The molecule has 0 saturated carbocycles. The lowest BCUT2D eigenvalue weighted by Crippen LogP contribution is -2.23. The minimum absolute atomic E-state index is 0.0648. The molecule has 1 atom stereocenters. The van der Waals surface area contributed by atoms with Gasteiger partial charge in [0.25, 0.3) is 6.40 Å². The third kappa shape index (κ3) is 2.11. The summed E-state index contributed by atoms with van der Waals surface area (Å²) in [5, 5.41) is 0. The van der Waals surface area contributed by atoms with Crippen molar-refractivity contribution in [3.8, 4) is 0 Å². The SMILES string of the molecule is CC1(c2ccc(C(F)(F)F)cc2F)CO[C]=N1. The van der Waals surface area contributed by atoms with E-state index in [1.54, 1.807) is 6.92 Å². The highest BCUT2D eigenvalue weighted by molar-refractivity contribution is 5.52. The van der Waals surface area contributed by atoms with Crippen molar-refractivity contribution in [2.24, 2.45) is 4.99 Å². The highest BCUT2D eigenvalue weighted by atomic mass is 19.4. The second kappa shape index (κ2) is 3.72. The van der Waals surface area contributed by atoms with Crippen LogP contribution >= 0.6 is 0 Å². The monoisotopic (exact) mass is 246 g/mol. The van der Waals surface area contributed by atoms with Gasteiger partial charge in [-0.3, -0.25) is 0 Å². The first-order valence-corrected chi connectivity index (χ1v) is 4.79. The zero-order chi connectivity index (χ0) is 12.7. The smallest absolute Gasteiger partial charge is 0.416 e. The van der Waals surface area contributed by atoms with Crippen molar-refractivity contribution in [2.45, 2.75) is 18.6 Å². The molecule has 17 heavy (non-hydrogen) atoms. The van der Waals surface area contributed by atoms with Crippen LogP contribution in [-0.2, 0) is 16.5 Å². The van der Waals surface area contributed by atoms with E-state index < -0.39 is 23.1 Å². The van der Waals surface area contributed by atoms with E-state index in [1.165, 1.54) is 0 Å². The van der Waals surface area contributed by atoms with Crippen LogP contribution in [0.3, 0.4) is 0 Å². The Balaban J connectivity index is 2.42. The van der Waals surface area contributed by atoms with Gasteiger partial charge in [-0.1, -0.05) is 6.07 Å². The molecule has 0 amide bonds. The zero-order valence-corrected chi connectivity index (χ0v) is 8.81. The van der Waals surface area contributed by atoms with E-state index in [0.29, 0.717) is 6.07 Å². The van der Waals surface area contributed by atoms with Gasteiger partial charge >= 0.3 is 6.18 Å². The second-order valence-corrected chi connectivity index (χ2v) is 3.96. The van der Waals surface area contributed by atoms with Crippen molar-refractivity contribution in [3.05, 3.63) is 35.1 Å². The van der Waals surface area contributed by atoms with E-state index in [-0.39, 0.29) is 12.2 Å². The number of rotatable bonds is 1. The molecule has 0 fully saturated rings. The van der Waals surface area contributed by atoms with Crippen LogP contribution in [0, 0.1) is 5.82 Å². The molecular weight excluding hydrogens is 238 g/mol. The third-order valence-corrected chi connectivity index (χ3v) is 2.59. The Morgan fingerprint density at radius 3 is 2.59 bits per heavy atom. The number of hydrogen-bond donors (Lipinski definition) is 0. The lowest BCUT2D eigenvalue weighted by atomic mass is 9.92. The van der Waals surface area contributed by atoms with Crippen LogP contribution in [0.2, 0.25) is 0 Å². The van der Waals surface area contributed by atoms with Crippen molar-refractivity contribution in [2.75, 3.05) is 6.61 Å². The minimum atomic E-state index is -4.55. The first-order chi connectivity index (χ1) is 7.83. The van der Waals surface area contributed by atoms with Crippen LogP contribution in [0.15, 0.2) is 23.2 Å². The van der Waals surface area contributed by atoms with E-state index in [1.807, 2.05) is 0 Å². The molecule has 0 bridgehead atoms. The Hall–Kier alpha value is -1.59. The summed E-state index contributed by atoms with van der Waals surface area (Å²) in [7, 11) is 0. The van der Waals surface area contributed by atoms with E-state index >= 15 is 0 Å². The Bertz CT molecular complexity index is 469. The van der Waals surface area contributed by atoms with Gasteiger partial charge in [0.2, 0.25) is 0 Å². The molecule has 1 aliphatic heterocycles. The molecule has 1 heterocycles. The van der Waals surface area contributed by atoms with Gasteiger partial charge in [0.15, 0.2) is 0 Å². The predicted octanol–water partition coefficient (Wildman–Crippen LogP) is 3.00. The molecule has 0 aliphatic carbocycles. The van der Waals surface area contributed by atoms with E-state index in [4.69, 9.17) is 4.74 Å². The highest BCUT2D eigenvalue weighted by Crippen LogP contribution is 2.35. The zero-order valence-electron chi connectivity index (χ0n) is 8.81. The summed E-state index contributed by atoms with van der Waals surface area (Å²) in [6.07, 6.45) is -2.33. The summed E-state index contributed by atoms with van der Waals surface area (Å²) in [6.45, 7) is 1.63. The lowest BCUT2D eigenvalue weighted by molar-refractivity contribution is -0.137. The predicted molar refractivity (Wildman–Crippen MR) is 52.1 cm³/mol. The molecular formula is C11H8F4NO. The van der Waals surface area contributed by atoms with Crippen LogP contribution in [-0.4, -0.2) is 13.0 Å². The molecule has 1 radical (unpaired) electrons. The van der Waals surface area contributed by atoms with Crippen molar-refractivity contribution < 1.29 is 22.3 Å². The van der Waals surface area contributed by atoms with Crippen LogP contribution in [0.1, 0.15) is 18.1 Å². The van der Waals surface area contributed by atoms with E-state index in [9.17, 15) is 17.6 Å². The number of hydrogen-bond acceptors (Lipinski definition) is 2. The topological polar surface area (TPSA) is 21.6 Å². The van der Waals surface area contributed by atoms with E-state index in [2.05, 4.69) is 11.4 Å². The number of ether oxygens (including phenoxy) is 1. The number of nitrogens with zero attached hydrogens (tertiary/aromatic N) is 1. The van der Waals surface area contributed by atoms with Gasteiger partial charge in [0.1, 0.15) is 18.0 Å². The maximum atomic E-state index is 13.6. The van der Waals surface area contributed by atoms with Crippen LogP contribution in [0.5, 0.6) is 0 Å². The molecule has 91 valence electrons. The summed E-state index contributed by atoms with van der Waals surface area (Å²) >= 11 is 0. The van der Waals surface area contributed by atoms with Crippen molar-refractivity contribution in [1.29, 1.82) is 0 Å².